The molecule has 0 aromatic heterocycles. The number of halogens is 1. The van der Waals surface area contributed by atoms with Crippen LogP contribution in [0.5, 0.6) is 0 Å². The number of benzene rings is 1. The fourth-order valence-electron chi connectivity index (χ4n) is 2.02. The van der Waals surface area contributed by atoms with Gasteiger partial charge in [-0.3, -0.25) is 4.99 Å². The van der Waals surface area contributed by atoms with Gasteiger partial charge in [0.25, 0.3) is 0 Å². The second-order valence-electron chi connectivity index (χ2n) is 4.23. The Labute approximate surface area is 103 Å². The summed E-state index contributed by atoms with van der Waals surface area (Å²) in [6.45, 7) is 2.15. The third kappa shape index (κ3) is 2.04. The first-order valence-electron chi connectivity index (χ1n) is 5.07. The number of benzodiazepines with no additional fused rings is 1. The average molecular weight is 284 g/mol. The molecule has 1 aromatic rings. The van der Waals surface area contributed by atoms with Gasteiger partial charge in [-0.15, -0.1) is 0 Å². The molecule has 5 heteroatoms. The summed E-state index contributed by atoms with van der Waals surface area (Å²) in [5, 5.41) is 12.4. The maximum atomic E-state index is 12.4. The molecule has 0 fully saturated rings. The summed E-state index contributed by atoms with van der Waals surface area (Å²) in [6.07, 6.45) is -0.436. The summed E-state index contributed by atoms with van der Waals surface area (Å²) in [6, 6.07) is 5.67. The summed E-state index contributed by atoms with van der Waals surface area (Å²) < 4.78 is 0.409. The van der Waals surface area contributed by atoms with Gasteiger partial charge in [-0.1, -0.05) is 15.9 Å². The summed E-state index contributed by atoms with van der Waals surface area (Å²) >= 11 is 3.38. The summed E-state index contributed by atoms with van der Waals surface area (Å²) in [5.74, 6) is 0. The molecule has 2 atom stereocenters. The molecule has 16 heavy (non-hydrogen) atoms. The molecule has 0 radical (unpaired) electrons. The van der Waals surface area contributed by atoms with Crippen LogP contribution in [0.15, 0.2) is 27.7 Å². The molecule has 2 N–H and O–H groups in total. The topological polar surface area (TPSA) is 61.4 Å². The van der Waals surface area contributed by atoms with Crippen LogP contribution in [0.2, 0.25) is 0 Å². The van der Waals surface area contributed by atoms with Crippen molar-refractivity contribution in [2.24, 2.45) is 10.7 Å². The van der Waals surface area contributed by atoms with Crippen LogP contribution in [0.3, 0.4) is 0 Å². The van der Waals surface area contributed by atoms with Crippen LogP contribution in [0.4, 0.5) is 5.69 Å². The molecule has 2 rings (SSSR count). The van der Waals surface area contributed by atoms with Gasteiger partial charge < -0.3 is 15.6 Å². The summed E-state index contributed by atoms with van der Waals surface area (Å²) in [4.78, 5) is 4.31. The lowest BCUT2D eigenvalue weighted by molar-refractivity contribution is 0.412. The zero-order chi connectivity index (χ0) is 11.9. The van der Waals surface area contributed by atoms with E-state index in [0.29, 0.717) is 5.69 Å². The smallest absolute Gasteiger partial charge is 0.148 e. The molecule has 1 aliphatic rings. The van der Waals surface area contributed by atoms with Gasteiger partial charge in [-0.05, 0) is 19.1 Å². The van der Waals surface area contributed by atoms with Crippen LogP contribution < -0.4 is 10.4 Å². The lowest BCUT2D eigenvalue weighted by Gasteiger charge is -2.38. The molecule has 2 unspecified atom stereocenters. The largest absolute Gasteiger partial charge is 0.627 e. The SMILES string of the molecule is CC1=NC(N)C[N+](C)([O-])c2cc(Br)ccc21. The average Bonchev–Trinajstić information content (AvgIpc) is 2.22. The molecular formula is C11H14BrN3O. The number of aliphatic imine (C=N–C) groups is 1. The van der Waals surface area contributed by atoms with E-state index in [0.717, 1.165) is 15.7 Å². The number of rotatable bonds is 0. The zero-order valence-corrected chi connectivity index (χ0v) is 10.9. The third-order valence-corrected chi connectivity index (χ3v) is 3.25. The van der Waals surface area contributed by atoms with Gasteiger partial charge >= 0.3 is 0 Å². The molecule has 0 bridgehead atoms. The Morgan fingerprint density at radius 3 is 2.94 bits per heavy atom. The van der Waals surface area contributed by atoms with E-state index in [-0.39, 0.29) is 6.54 Å². The monoisotopic (exact) mass is 283 g/mol. The third-order valence-electron chi connectivity index (χ3n) is 2.75. The minimum absolute atomic E-state index is 0.265. The van der Waals surface area contributed by atoms with Crippen LogP contribution in [0.1, 0.15) is 12.5 Å². The van der Waals surface area contributed by atoms with E-state index >= 15 is 0 Å². The van der Waals surface area contributed by atoms with Crippen LogP contribution >= 0.6 is 15.9 Å². The van der Waals surface area contributed by atoms with E-state index in [1.54, 1.807) is 7.05 Å². The number of hydrogen-bond acceptors (Lipinski definition) is 3. The van der Waals surface area contributed by atoms with Crippen LogP contribution in [0.25, 0.3) is 0 Å². The highest BCUT2D eigenvalue weighted by molar-refractivity contribution is 9.10. The van der Waals surface area contributed by atoms with Crippen molar-refractivity contribution in [2.45, 2.75) is 13.1 Å². The van der Waals surface area contributed by atoms with Crippen molar-refractivity contribution in [3.05, 3.63) is 33.4 Å². The van der Waals surface area contributed by atoms with E-state index in [4.69, 9.17) is 5.73 Å². The van der Waals surface area contributed by atoms with Gasteiger partial charge in [0.15, 0.2) is 0 Å². The highest BCUT2D eigenvalue weighted by Crippen LogP contribution is 2.31. The van der Waals surface area contributed by atoms with Crippen molar-refractivity contribution in [3.8, 4) is 0 Å². The fourth-order valence-corrected chi connectivity index (χ4v) is 2.37. The number of nitrogens with zero attached hydrogens (tertiary/aromatic N) is 2. The molecule has 0 amide bonds. The van der Waals surface area contributed by atoms with Crippen molar-refractivity contribution in [1.82, 2.24) is 4.65 Å². The van der Waals surface area contributed by atoms with Gasteiger partial charge in [-0.2, -0.15) is 0 Å². The number of nitrogens with two attached hydrogens (primary N) is 1. The van der Waals surface area contributed by atoms with E-state index < -0.39 is 10.8 Å². The normalized spacial score (nSPS) is 29.3. The Balaban J connectivity index is 2.65. The maximum absolute atomic E-state index is 12.4. The quantitative estimate of drug-likeness (QED) is 0.585. The first-order valence-corrected chi connectivity index (χ1v) is 5.86. The molecule has 1 aliphatic heterocycles. The number of hydroxylamine groups is 2. The first kappa shape index (κ1) is 11.7. The summed E-state index contributed by atoms with van der Waals surface area (Å²) in [7, 11) is 1.61. The van der Waals surface area contributed by atoms with E-state index in [9.17, 15) is 5.21 Å². The molecule has 1 aromatic carbocycles. The minimum Gasteiger partial charge on any atom is -0.627 e. The number of fused-ring (bicyclic) bond motifs is 1. The van der Waals surface area contributed by atoms with Gasteiger partial charge in [0.2, 0.25) is 0 Å². The van der Waals surface area contributed by atoms with Crippen LogP contribution in [-0.4, -0.2) is 25.5 Å². The van der Waals surface area contributed by atoms with E-state index in [1.165, 1.54) is 0 Å². The van der Waals surface area contributed by atoms with Crippen molar-refractivity contribution in [2.75, 3.05) is 13.6 Å². The van der Waals surface area contributed by atoms with E-state index in [1.807, 2.05) is 25.1 Å². The number of hydrogen-bond donors (Lipinski definition) is 1. The highest BCUT2D eigenvalue weighted by Gasteiger charge is 2.26. The minimum atomic E-state index is -0.489. The fraction of sp³-hybridized carbons (Fsp3) is 0.364. The predicted molar refractivity (Wildman–Crippen MR) is 70.3 cm³/mol. The first-order chi connectivity index (χ1) is 7.40. The van der Waals surface area contributed by atoms with Gasteiger partial charge in [0, 0.05) is 16.3 Å². The van der Waals surface area contributed by atoms with Gasteiger partial charge in [-0.25, -0.2) is 0 Å². The Hall–Kier alpha value is -0.750. The Morgan fingerprint density at radius 1 is 1.56 bits per heavy atom. The predicted octanol–water partition coefficient (Wildman–Crippen LogP) is 1.99. The molecule has 4 nitrogen and oxygen atoms in total. The van der Waals surface area contributed by atoms with Crippen molar-refractivity contribution in [3.63, 3.8) is 0 Å². The van der Waals surface area contributed by atoms with Crippen molar-refractivity contribution >= 4 is 27.3 Å². The van der Waals surface area contributed by atoms with Crippen LogP contribution in [-0.2, 0) is 0 Å². The van der Waals surface area contributed by atoms with Crippen molar-refractivity contribution in [1.29, 1.82) is 0 Å². The second kappa shape index (κ2) is 3.92. The number of likely N-dealkylation sites (N-methyl/N-ethyl adjacent to an activating group) is 1. The van der Waals surface area contributed by atoms with E-state index in [2.05, 4.69) is 20.9 Å². The Morgan fingerprint density at radius 2 is 2.25 bits per heavy atom. The highest BCUT2D eigenvalue weighted by atomic mass is 79.9. The molecular weight excluding hydrogens is 270 g/mol. The van der Waals surface area contributed by atoms with Gasteiger partial charge in [0.1, 0.15) is 18.4 Å². The Bertz CT molecular complexity index is 457. The van der Waals surface area contributed by atoms with Crippen molar-refractivity contribution < 1.29 is 0 Å². The lowest BCUT2D eigenvalue weighted by atomic mass is 10.1. The lowest BCUT2D eigenvalue weighted by Crippen LogP contribution is -2.46. The number of quaternary nitrogens is 1. The van der Waals surface area contributed by atoms with Gasteiger partial charge in [0.05, 0.1) is 12.6 Å². The Kier molecular flexibility index (Phi) is 2.88. The van der Waals surface area contributed by atoms with Crippen LogP contribution in [0, 0.1) is 5.21 Å². The molecule has 0 spiro atoms. The molecule has 0 saturated heterocycles. The molecule has 1 heterocycles. The molecule has 0 aliphatic carbocycles. The molecule has 0 saturated carbocycles. The zero-order valence-electron chi connectivity index (χ0n) is 9.27. The maximum Gasteiger partial charge on any atom is 0.148 e. The second-order valence-corrected chi connectivity index (χ2v) is 5.14. The molecule has 86 valence electrons. The standard InChI is InChI=1S/C11H14BrN3O/c1-7-9-4-3-8(12)5-10(9)15(2,16)6-11(13)14-7/h3-5,11H,6,13H2,1-2H3. The summed E-state index contributed by atoms with van der Waals surface area (Å²) in [5.41, 5.74) is 8.22.